The van der Waals surface area contributed by atoms with E-state index in [1.807, 2.05) is 70.3 Å². The molecule has 1 aliphatic heterocycles. The van der Waals surface area contributed by atoms with Crippen LogP contribution >= 0.6 is 0 Å². The molecule has 1 heterocycles. The molecule has 1 saturated heterocycles. The van der Waals surface area contributed by atoms with Crippen molar-refractivity contribution in [3.05, 3.63) is 119 Å². The van der Waals surface area contributed by atoms with Crippen molar-refractivity contribution >= 4 is 0 Å². The molecule has 0 spiro atoms. The van der Waals surface area contributed by atoms with E-state index in [1.54, 1.807) is 0 Å². The smallest absolute Gasteiger partial charge is 0.380 e. The van der Waals surface area contributed by atoms with Crippen LogP contribution in [-0.2, 0) is 26.5 Å². The summed E-state index contributed by atoms with van der Waals surface area (Å²) in [6.07, 6.45) is 29.1. The van der Waals surface area contributed by atoms with Crippen LogP contribution in [0, 0.1) is 89.0 Å². The third-order valence-electron chi connectivity index (χ3n) is 5.23. The van der Waals surface area contributed by atoms with Gasteiger partial charge in [-0.3, -0.25) is 0 Å². The fourth-order valence-electron chi connectivity index (χ4n) is 3.81. The molecule has 5 rings (SSSR count). The summed E-state index contributed by atoms with van der Waals surface area (Å²) in [5, 5.41) is 0. The molecule has 0 N–H and O–H groups in total. The van der Waals surface area contributed by atoms with Crippen LogP contribution in [-0.4, -0.2) is 12.7 Å². The van der Waals surface area contributed by atoms with Gasteiger partial charge in [0.1, 0.15) is 0 Å². The van der Waals surface area contributed by atoms with Crippen LogP contribution in [0.2, 0.25) is 0 Å². The first kappa shape index (κ1) is 24.9. The zero-order valence-electron chi connectivity index (χ0n) is 17.0. The van der Waals surface area contributed by atoms with Gasteiger partial charge in [0.25, 0.3) is 0 Å². The zero-order chi connectivity index (χ0) is 19.4. The molecular formula is C27H30OTi+2. The SMILES string of the molecule is [CH2-][C@H]1CO[C@@H]2CCCC[C@H]2C1=[C-]c1ccccc1.[CH]1[CH][CH][CH][CH]1.[CH]1[CH][CH][CH][CH]1.[Ti+4]. The van der Waals surface area contributed by atoms with Crippen LogP contribution in [0.15, 0.2) is 35.9 Å². The van der Waals surface area contributed by atoms with Crippen molar-refractivity contribution in [1.29, 1.82) is 0 Å². The minimum Gasteiger partial charge on any atom is -0.380 e. The number of hydrogen-bond donors (Lipinski definition) is 0. The quantitative estimate of drug-likeness (QED) is 0.411. The van der Waals surface area contributed by atoms with Crippen LogP contribution in [0.5, 0.6) is 0 Å². The number of rotatable bonds is 1. The first-order valence-electron chi connectivity index (χ1n) is 10.3. The Morgan fingerprint density at radius 2 is 1.28 bits per heavy atom. The van der Waals surface area contributed by atoms with E-state index in [2.05, 4.69) is 37.3 Å². The molecule has 0 bridgehead atoms. The second kappa shape index (κ2) is 14.6. The zero-order valence-corrected chi connectivity index (χ0v) is 18.6. The summed E-state index contributed by atoms with van der Waals surface area (Å²) in [6, 6.07) is 10.4. The van der Waals surface area contributed by atoms with Gasteiger partial charge in [-0.25, -0.2) is 0 Å². The van der Waals surface area contributed by atoms with Gasteiger partial charge in [0, 0.05) is 6.61 Å². The molecule has 0 amide bonds. The molecule has 3 atom stereocenters. The molecule has 4 aliphatic rings. The van der Waals surface area contributed by atoms with Gasteiger partial charge in [-0.2, -0.15) is 23.8 Å². The predicted octanol–water partition coefficient (Wildman–Crippen LogP) is 5.84. The first-order valence-corrected chi connectivity index (χ1v) is 10.3. The molecule has 1 aromatic carbocycles. The molecule has 1 aromatic rings. The maximum atomic E-state index is 5.94. The number of fused-ring (bicyclic) bond motifs is 1. The van der Waals surface area contributed by atoms with Gasteiger partial charge in [0.2, 0.25) is 0 Å². The topological polar surface area (TPSA) is 9.23 Å². The number of ether oxygens (including phenoxy) is 1. The Bertz CT molecular complexity index is 534. The summed E-state index contributed by atoms with van der Waals surface area (Å²) >= 11 is 0. The van der Waals surface area contributed by atoms with E-state index < -0.39 is 0 Å². The summed E-state index contributed by atoms with van der Waals surface area (Å²) < 4.78 is 5.94. The third-order valence-corrected chi connectivity index (χ3v) is 5.23. The summed E-state index contributed by atoms with van der Waals surface area (Å²) in [7, 11) is 0. The van der Waals surface area contributed by atoms with E-state index in [-0.39, 0.29) is 27.6 Å². The fourth-order valence-corrected chi connectivity index (χ4v) is 3.81. The maximum absolute atomic E-state index is 5.94. The standard InChI is InChI=1S/C17H20O.2C5H5.Ti/c1-13-12-18-17-10-6-5-9-15(17)16(13)11-14-7-3-2-4-8-14;2*1-2-4-5-3-1;/h2-4,7-8,13,15,17H,1,5-6,9-10,12H2;2*1-5H;/q-2;;;+4/t13-,15-,17+;;;/m0.../s1. The van der Waals surface area contributed by atoms with Crippen molar-refractivity contribution in [3.63, 3.8) is 0 Å². The van der Waals surface area contributed by atoms with Crippen molar-refractivity contribution in [2.24, 2.45) is 11.8 Å². The van der Waals surface area contributed by atoms with Crippen molar-refractivity contribution in [1.82, 2.24) is 0 Å². The van der Waals surface area contributed by atoms with Crippen LogP contribution < -0.4 is 0 Å². The van der Waals surface area contributed by atoms with Gasteiger partial charge in [-0.05, 0) is 83.0 Å². The maximum Gasteiger partial charge on any atom is 4.00 e. The van der Waals surface area contributed by atoms with Gasteiger partial charge in [-0.15, -0.1) is 23.6 Å². The Hall–Kier alpha value is -0.366. The van der Waals surface area contributed by atoms with Crippen LogP contribution in [0.25, 0.3) is 0 Å². The molecule has 29 heavy (non-hydrogen) atoms. The molecule has 3 saturated carbocycles. The molecule has 3 aliphatic carbocycles. The van der Waals surface area contributed by atoms with E-state index in [4.69, 9.17) is 4.74 Å². The van der Waals surface area contributed by atoms with Crippen LogP contribution in [0.4, 0.5) is 0 Å². The van der Waals surface area contributed by atoms with Gasteiger partial charge < -0.3 is 11.7 Å². The average molecular weight is 418 g/mol. The minimum atomic E-state index is 0. The second-order valence-corrected chi connectivity index (χ2v) is 7.33. The predicted molar refractivity (Wildman–Crippen MR) is 116 cm³/mol. The van der Waals surface area contributed by atoms with Crippen molar-refractivity contribution in [3.8, 4) is 0 Å². The van der Waals surface area contributed by atoms with Gasteiger partial charge >= 0.3 is 21.7 Å². The van der Waals surface area contributed by atoms with E-state index in [9.17, 15) is 0 Å². The molecule has 1 nitrogen and oxygen atoms in total. The molecule has 0 unspecified atom stereocenters. The summed E-state index contributed by atoms with van der Waals surface area (Å²) in [5.41, 5.74) is 2.56. The van der Waals surface area contributed by atoms with Gasteiger partial charge in [-0.1, -0.05) is 18.9 Å². The van der Waals surface area contributed by atoms with E-state index in [0.29, 0.717) is 12.0 Å². The first-order chi connectivity index (χ1) is 13.8. The second-order valence-electron chi connectivity index (χ2n) is 7.33. The Labute approximate surface area is 195 Å². The summed E-state index contributed by atoms with van der Waals surface area (Å²) in [5.74, 6) is 0.819. The normalized spacial score (nSPS) is 29.6. The molecule has 4 fully saturated rings. The Morgan fingerprint density at radius 1 is 0.759 bits per heavy atom. The van der Waals surface area contributed by atoms with Crippen molar-refractivity contribution in [2.75, 3.05) is 6.61 Å². The monoisotopic (exact) mass is 418 g/mol. The average Bonchev–Trinajstić information content (AvgIpc) is 3.50. The van der Waals surface area contributed by atoms with Crippen LogP contribution in [0.3, 0.4) is 0 Å². The van der Waals surface area contributed by atoms with E-state index in [1.165, 1.54) is 36.8 Å². The summed E-state index contributed by atoms with van der Waals surface area (Å²) in [4.78, 5) is 0. The minimum absolute atomic E-state index is 0. The Kier molecular flexibility index (Phi) is 12.5. The molecule has 0 aromatic heterocycles. The van der Waals surface area contributed by atoms with Crippen molar-refractivity contribution < 1.29 is 26.5 Å². The Balaban J connectivity index is 0.000000223. The van der Waals surface area contributed by atoms with E-state index >= 15 is 0 Å². The molecule has 10 radical (unpaired) electrons. The summed E-state index contributed by atoms with van der Waals surface area (Å²) in [6.45, 7) is 5.00. The van der Waals surface area contributed by atoms with E-state index in [0.717, 1.165) is 6.61 Å². The molecule has 146 valence electrons. The third kappa shape index (κ3) is 8.72. The largest absolute Gasteiger partial charge is 4.00 e. The van der Waals surface area contributed by atoms with Crippen molar-refractivity contribution in [2.45, 2.75) is 31.8 Å². The number of benzene rings is 1. The van der Waals surface area contributed by atoms with Gasteiger partial charge in [0.05, 0.1) is 6.10 Å². The fraction of sp³-hybridized carbons (Fsp3) is 0.296. The van der Waals surface area contributed by atoms with Crippen LogP contribution in [0.1, 0.15) is 31.2 Å². The number of hydrogen-bond acceptors (Lipinski definition) is 1. The van der Waals surface area contributed by atoms with Gasteiger partial charge in [0.15, 0.2) is 0 Å². The Morgan fingerprint density at radius 3 is 1.83 bits per heavy atom. The molecule has 2 heteroatoms. The molecular weight excluding hydrogens is 388 g/mol.